The van der Waals surface area contributed by atoms with E-state index in [1.165, 1.54) is 0 Å². The number of nitrogens with zero attached hydrogens (tertiary/aromatic N) is 1. The highest BCUT2D eigenvalue weighted by atomic mass is 19.4. The predicted molar refractivity (Wildman–Crippen MR) is 69.2 cm³/mol. The smallest absolute Gasteiger partial charge is 0.393 e. The lowest BCUT2D eigenvalue weighted by molar-refractivity contribution is -0.157. The van der Waals surface area contributed by atoms with Gasteiger partial charge in [0.15, 0.2) is 0 Å². The number of hydrogen-bond donors (Lipinski definition) is 2. The summed E-state index contributed by atoms with van der Waals surface area (Å²) in [5, 5.41) is 11.8. The Morgan fingerprint density at radius 2 is 2.10 bits per heavy atom. The van der Waals surface area contributed by atoms with Crippen molar-refractivity contribution >= 4 is 11.8 Å². The Bertz CT molecular complexity index is 385. The molecule has 0 aromatic heterocycles. The molecule has 3 atom stereocenters. The van der Waals surface area contributed by atoms with Crippen molar-refractivity contribution in [2.75, 3.05) is 19.6 Å². The summed E-state index contributed by atoms with van der Waals surface area (Å²) in [6, 6.07) is 0. The molecule has 1 fully saturated rings. The lowest BCUT2D eigenvalue weighted by Gasteiger charge is -2.19. The first kappa shape index (κ1) is 17.7. The highest BCUT2D eigenvalue weighted by molar-refractivity contribution is 5.89. The van der Waals surface area contributed by atoms with Crippen molar-refractivity contribution in [1.29, 1.82) is 0 Å². The SMILES string of the molecule is CC(O)CC(C)CNC(=O)C1CC(=O)N(CC(F)(F)F)C1. The van der Waals surface area contributed by atoms with Crippen LogP contribution in [0.4, 0.5) is 13.2 Å². The molecular formula is C13H21F3N2O3. The zero-order valence-corrected chi connectivity index (χ0v) is 12.1. The van der Waals surface area contributed by atoms with E-state index in [4.69, 9.17) is 0 Å². The quantitative estimate of drug-likeness (QED) is 0.766. The highest BCUT2D eigenvalue weighted by Crippen LogP contribution is 2.23. The lowest BCUT2D eigenvalue weighted by Crippen LogP contribution is -2.38. The molecule has 1 saturated heterocycles. The van der Waals surface area contributed by atoms with Crippen LogP contribution in [-0.4, -0.2) is 53.7 Å². The van der Waals surface area contributed by atoms with Crippen molar-refractivity contribution in [1.82, 2.24) is 10.2 Å². The fraction of sp³-hybridized carbons (Fsp3) is 0.846. The van der Waals surface area contributed by atoms with Crippen LogP contribution in [0.3, 0.4) is 0 Å². The molecule has 0 spiro atoms. The number of aliphatic hydroxyl groups excluding tert-OH is 1. The Hall–Kier alpha value is -1.31. The predicted octanol–water partition coefficient (Wildman–Crippen LogP) is 0.920. The number of nitrogens with one attached hydrogen (secondary N) is 1. The van der Waals surface area contributed by atoms with Crippen LogP contribution in [-0.2, 0) is 9.59 Å². The van der Waals surface area contributed by atoms with Crippen molar-refractivity contribution in [2.45, 2.75) is 39.0 Å². The summed E-state index contributed by atoms with van der Waals surface area (Å²) in [6.45, 7) is 2.31. The number of alkyl halides is 3. The molecule has 3 unspecified atom stereocenters. The van der Waals surface area contributed by atoms with E-state index in [-0.39, 0.29) is 18.9 Å². The van der Waals surface area contributed by atoms with E-state index in [0.717, 1.165) is 0 Å². The highest BCUT2D eigenvalue weighted by Gasteiger charge is 2.40. The first-order chi connectivity index (χ1) is 9.58. The van der Waals surface area contributed by atoms with Crippen LogP contribution in [0, 0.1) is 11.8 Å². The normalized spacial score (nSPS) is 22.3. The van der Waals surface area contributed by atoms with Gasteiger partial charge in [0.05, 0.1) is 12.0 Å². The fourth-order valence-corrected chi connectivity index (χ4v) is 2.40. The van der Waals surface area contributed by atoms with Crippen LogP contribution in [0.15, 0.2) is 0 Å². The summed E-state index contributed by atoms with van der Waals surface area (Å²) >= 11 is 0. The summed E-state index contributed by atoms with van der Waals surface area (Å²) < 4.78 is 36.8. The molecule has 2 N–H and O–H groups in total. The monoisotopic (exact) mass is 310 g/mol. The standard InChI is InChI=1S/C13H21F3N2O3/c1-8(3-9(2)19)5-17-12(21)10-4-11(20)18(6-10)7-13(14,15)16/h8-10,19H,3-7H2,1-2H3,(H,17,21). The molecule has 0 aliphatic carbocycles. The third-order valence-corrected chi connectivity index (χ3v) is 3.32. The van der Waals surface area contributed by atoms with Crippen LogP contribution < -0.4 is 5.32 Å². The van der Waals surface area contributed by atoms with E-state index in [9.17, 15) is 27.9 Å². The van der Waals surface area contributed by atoms with E-state index in [2.05, 4.69) is 5.32 Å². The van der Waals surface area contributed by atoms with Crippen molar-refractivity contribution in [3.8, 4) is 0 Å². The van der Waals surface area contributed by atoms with Gasteiger partial charge in [0.1, 0.15) is 6.54 Å². The van der Waals surface area contributed by atoms with E-state index in [1.807, 2.05) is 6.92 Å². The van der Waals surface area contributed by atoms with Crippen LogP contribution >= 0.6 is 0 Å². The average Bonchev–Trinajstić information content (AvgIpc) is 2.65. The molecule has 2 amide bonds. The van der Waals surface area contributed by atoms with Crippen LogP contribution in [0.25, 0.3) is 0 Å². The van der Waals surface area contributed by atoms with Gasteiger partial charge in [-0.2, -0.15) is 13.2 Å². The van der Waals surface area contributed by atoms with E-state index in [0.29, 0.717) is 17.9 Å². The third kappa shape index (κ3) is 6.33. The second kappa shape index (κ2) is 7.11. The van der Waals surface area contributed by atoms with Crippen molar-refractivity contribution < 1.29 is 27.9 Å². The molecule has 1 aliphatic rings. The molecule has 0 aromatic rings. The largest absolute Gasteiger partial charge is 0.406 e. The van der Waals surface area contributed by atoms with Crippen molar-refractivity contribution in [2.24, 2.45) is 11.8 Å². The van der Waals surface area contributed by atoms with Gasteiger partial charge in [-0.15, -0.1) is 0 Å². The molecule has 0 bridgehead atoms. The van der Waals surface area contributed by atoms with E-state index < -0.39 is 36.6 Å². The number of hydrogen-bond acceptors (Lipinski definition) is 3. The molecule has 0 aromatic carbocycles. The molecule has 1 rings (SSSR count). The minimum Gasteiger partial charge on any atom is -0.393 e. The van der Waals surface area contributed by atoms with E-state index in [1.54, 1.807) is 6.92 Å². The second-order valence-corrected chi connectivity index (χ2v) is 5.73. The van der Waals surface area contributed by atoms with Gasteiger partial charge in [-0.25, -0.2) is 0 Å². The van der Waals surface area contributed by atoms with Gasteiger partial charge in [0.25, 0.3) is 0 Å². The Labute approximate surface area is 121 Å². The maximum Gasteiger partial charge on any atom is 0.406 e. The maximum absolute atomic E-state index is 12.3. The number of likely N-dealkylation sites (tertiary alicyclic amines) is 1. The van der Waals surface area contributed by atoms with Crippen LogP contribution in [0.1, 0.15) is 26.7 Å². The minimum atomic E-state index is -4.45. The van der Waals surface area contributed by atoms with Gasteiger partial charge in [0, 0.05) is 19.5 Å². The molecule has 0 saturated carbocycles. The molecule has 0 radical (unpaired) electrons. The summed E-state index contributed by atoms with van der Waals surface area (Å²) in [5.74, 6) is -1.74. The lowest BCUT2D eigenvalue weighted by atomic mass is 10.0. The summed E-state index contributed by atoms with van der Waals surface area (Å²) in [4.78, 5) is 24.0. The number of aliphatic hydroxyl groups is 1. The van der Waals surface area contributed by atoms with Gasteiger partial charge < -0.3 is 15.3 Å². The second-order valence-electron chi connectivity index (χ2n) is 5.73. The molecule has 8 heteroatoms. The minimum absolute atomic E-state index is 0.0531. The van der Waals surface area contributed by atoms with Gasteiger partial charge in [0.2, 0.25) is 11.8 Å². The topological polar surface area (TPSA) is 69.6 Å². The van der Waals surface area contributed by atoms with Gasteiger partial charge in [-0.1, -0.05) is 6.92 Å². The summed E-state index contributed by atoms with van der Waals surface area (Å²) in [6.07, 6.45) is -4.60. The van der Waals surface area contributed by atoms with Crippen molar-refractivity contribution in [3.05, 3.63) is 0 Å². The molecule has 122 valence electrons. The zero-order chi connectivity index (χ0) is 16.2. The first-order valence-corrected chi connectivity index (χ1v) is 6.88. The number of carbonyl (C=O) groups is 2. The molecule has 5 nitrogen and oxygen atoms in total. The molecule has 1 heterocycles. The summed E-state index contributed by atoms with van der Waals surface area (Å²) in [7, 11) is 0. The third-order valence-electron chi connectivity index (χ3n) is 3.32. The van der Waals surface area contributed by atoms with Crippen LogP contribution in [0.2, 0.25) is 0 Å². The number of amides is 2. The van der Waals surface area contributed by atoms with Crippen LogP contribution in [0.5, 0.6) is 0 Å². The zero-order valence-electron chi connectivity index (χ0n) is 12.1. The van der Waals surface area contributed by atoms with Crippen molar-refractivity contribution in [3.63, 3.8) is 0 Å². The summed E-state index contributed by atoms with van der Waals surface area (Å²) in [5.41, 5.74) is 0. The Balaban J connectivity index is 2.41. The molecule has 21 heavy (non-hydrogen) atoms. The Kier molecular flexibility index (Phi) is 6.00. The van der Waals surface area contributed by atoms with E-state index >= 15 is 0 Å². The number of rotatable bonds is 6. The van der Waals surface area contributed by atoms with Gasteiger partial charge >= 0.3 is 6.18 Å². The maximum atomic E-state index is 12.3. The fourth-order valence-electron chi connectivity index (χ4n) is 2.40. The van der Waals surface area contributed by atoms with Gasteiger partial charge in [-0.05, 0) is 19.3 Å². The Morgan fingerprint density at radius 1 is 1.48 bits per heavy atom. The Morgan fingerprint density at radius 3 is 2.62 bits per heavy atom. The number of carbonyl (C=O) groups excluding carboxylic acids is 2. The molecular weight excluding hydrogens is 289 g/mol. The number of halogens is 3. The first-order valence-electron chi connectivity index (χ1n) is 6.88. The average molecular weight is 310 g/mol. The van der Waals surface area contributed by atoms with Gasteiger partial charge in [-0.3, -0.25) is 9.59 Å². The molecule has 1 aliphatic heterocycles.